The van der Waals surface area contributed by atoms with Crippen LogP contribution >= 0.6 is 0 Å². The van der Waals surface area contributed by atoms with Crippen LogP contribution in [0.1, 0.15) is 26.7 Å². The Morgan fingerprint density at radius 1 is 1.16 bits per heavy atom. The van der Waals surface area contributed by atoms with Gasteiger partial charge in [-0.25, -0.2) is 9.97 Å². The molecular formula is C30H30N6O2. The summed E-state index contributed by atoms with van der Waals surface area (Å²) in [6.45, 7) is 5.11. The monoisotopic (exact) mass is 506 g/mol. The number of hydrogen-bond acceptors (Lipinski definition) is 6. The first-order chi connectivity index (χ1) is 18.4. The largest absolute Gasteiger partial charge is 0.457 e. The molecule has 2 aromatic heterocycles. The van der Waals surface area contributed by atoms with Crippen molar-refractivity contribution < 1.29 is 9.53 Å². The molecule has 8 heteroatoms. The molecule has 0 unspecified atom stereocenters. The molecule has 8 nitrogen and oxygen atoms in total. The van der Waals surface area contributed by atoms with Gasteiger partial charge < -0.3 is 19.9 Å². The molecule has 1 saturated heterocycles. The Hall–Kier alpha value is -4.64. The Kier molecular flexibility index (Phi) is 7.09. The van der Waals surface area contributed by atoms with Crippen LogP contribution in [0.5, 0.6) is 11.5 Å². The molecule has 3 heterocycles. The number of fused-ring (bicyclic) bond motifs is 1. The molecule has 1 aliphatic rings. The fourth-order valence-corrected chi connectivity index (χ4v) is 5.00. The minimum atomic E-state index is -0.205. The summed E-state index contributed by atoms with van der Waals surface area (Å²) in [5.74, 6) is 1.82. The van der Waals surface area contributed by atoms with Crippen LogP contribution in [0.25, 0.3) is 22.2 Å². The van der Waals surface area contributed by atoms with Crippen LogP contribution in [0, 0.1) is 17.2 Å². The van der Waals surface area contributed by atoms with E-state index in [1.165, 1.54) is 6.33 Å². The highest BCUT2D eigenvalue weighted by atomic mass is 16.5. The average Bonchev–Trinajstić information content (AvgIpc) is 3.54. The number of nitriles is 1. The number of carbonyl (C=O) groups excluding carboxylic acids is 1. The van der Waals surface area contributed by atoms with Gasteiger partial charge in [-0.15, -0.1) is 0 Å². The van der Waals surface area contributed by atoms with Gasteiger partial charge in [0, 0.05) is 24.8 Å². The molecule has 5 rings (SSSR count). The maximum Gasteiger partial charge on any atom is 0.264 e. The lowest BCUT2D eigenvalue weighted by Gasteiger charge is -2.25. The van der Waals surface area contributed by atoms with Gasteiger partial charge in [0.25, 0.3) is 5.91 Å². The molecule has 0 spiro atoms. The van der Waals surface area contributed by atoms with Crippen LogP contribution in [0.4, 0.5) is 5.82 Å². The van der Waals surface area contributed by atoms with Crippen LogP contribution in [0.2, 0.25) is 0 Å². The van der Waals surface area contributed by atoms with Crippen molar-refractivity contribution in [1.82, 2.24) is 19.4 Å². The first-order valence-corrected chi connectivity index (χ1v) is 12.8. The molecule has 1 atom stereocenters. The fraction of sp³-hybridized carbons (Fsp3) is 0.267. The van der Waals surface area contributed by atoms with Gasteiger partial charge in [0.05, 0.1) is 11.4 Å². The predicted octanol–water partition coefficient (Wildman–Crippen LogP) is 5.57. The van der Waals surface area contributed by atoms with Crippen LogP contribution in [0.3, 0.4) is 0 Å². The van der Waals surface area contributed by atoms with Crippen molar-refractivity contribution in [2.45, 2.75) is 39.3 Å². The molecule has 0 saturated carbocycles. The topological polar surface area (TPSA) is 110 Å². The Morgan fingerprint density at radius 3 is 2.61 bits per heavy atom. The van der Waals surface area contributed by atoms with Gasteiger partial charge in [0.1, 0.15) is 40.9 Å². The van der Waals surface area contributed by atoms with Crippen molar-refractivity contribution in [1.29, 1.82) is 5.26 Å². The molecule has 0 radical (unpaired) electrons. The van der Waals surface area contributed by atoms with Gasteiger partial charge in [-0.3, -0.25) is 4.79 Å². The zero-order chi connectivity index (χ0) is 26.6. The Labute approximate surface area is 222 Å². The number of nitrogen functional groups attached to an aromatic ring is 1. The molecule has 192 valence electrons. The number of ether oxygens (including phenoxy) is 1. The lowest BCUT2D eigenvalue weighted by atomic mass is 10.1. The summed E-state index contributed by atoms with van der Waals surface area (Å²) >= 11 is 0. The van der Waals surface area contributed by atoms with Crippen LogP contribution in [-0.2, 0) is 11.3 Å². The predicted molar refractivity (Wildman–Crippen MR) is 147 cm³/mol. The molecule has 1 aliphatic heterocycles. The average molecular weight is 507 g/mol. The molecule has 1 fully saturated rings. The maximum absolute atomic E-state index is 13.2. The number of benzene rings is 2. The van der Waals surface area contributed by atoms with E-state index in [2.05, 4.69) is 16.0 Å². The summed E-state index contributed by atoms with van der Waals surface area (Å²) in [5.41, 5.74) is 9.13. The third kappa shape index (κ3) is 5.09. The summed E-state index contributed by atoms with van der Waals surface area (Å²) in [7, 11) is 0. The highest BCUT2D eigenvalue weighted by Crippen LogP contribution is 2.35. The van der Waals surface area contributed by atoms with Crippen molar-refractivity contribution in [2.24, 2.45) is 5.92 Å². The second kappa shape index (κ2) is 10.8. The minimum Gasteiger partial charge on any atom is -0.457 e. The summed E-state index contributed by atoms with van der Waals surface area (Å²) < 4.78 is 7.99. The number of aromatic nitrogens is 3. The Bertz CT molecular complexity index is 1520. The smallest absolute Gasteiger partial charge is 0.264 e. The van der Waals surface area contributed by atoms with Crippen LogP contribution in [0.15, 0.2) is 78.8 Å². The zero-order valence-corrected chi connectivity index (χ0v) is 21.5. The number of hydrogen-bond donors (Lipinski definition) is 1. The maximum atomic E-state index is 13.2. The van der Waals surface area contributed by atoms with Gasteiger partial charge in [-0.1, -0.05) is 50.3 Å². The van der Waals surface area contributed by atoms with E-state index in [1.807, 2.05) is 84.1 Å². The van der Waals surface area contributed by atoms with Crippen molar-refractivity contribution in [2.75, 3.05) is 12.3 Å². The number of anilines is 1. The van der Waals surface area contributed by atoms with E-state index in [-0.39, 0.29) is 23.4 Å². The summed E-state index contributed by atoms with van der Waals surface area (Å²) in [6, 6.07) is 19.5. The molecule has 2 aromatic carbocycles. The van der Waals surface area contributed by atoms with Gasteiger partial charge in [-0.05, 0) is 48.6 Å². The molecule has 0 aliphatic carbocycles. The third-order valence-electron chi connectivity index (χ3n) is 6.72. The standard InChI is InChI=1S/C30H30N6O2/c1-20(2)15-22(16-31)30(37)36-14-6-7-23(36)17-35-18-26(27-28(32)33-19-34-29(27)35)21-10-12-25(13-11-21)38-24-8-4-3-5-9-24/h3-5,8-13,15,18-20,23H,6-7,14,17H2,1-2H3,(H2,32,33,34)/t23-/m0/s1. The molecular weight excluding hydrogens is 476 g/mol. The molecule has 1 amide bonds. The normalized spacial score (nSPS) is 15.7. The van der Waals surface area contributed by atoms with Gasteiger partial charge in [0.15, 0.2) is 0 Å². The molecule has 38 heavy (non-hydrogen) atoms. The van der Waals surface area contributed by atoms with Crippen molar-refractivity contribution in [3.8, 4) is 28.7 Å². The highest BCUT2D eigenvalue weighted by Gasteiger charge is 2.31. The van der Waals surface area contributed by atoms with E-state index in [0.29, 0.717) is 18.9 Å². The highest BCUT2D eigenvalue weighted by molar-refractivity contribution is 6.01. The van der Waals surface area contributed by atoms with Crippen molar-refractivity contribution >= 4 is 22.8 Å². The zero-order valence-electron chi connectivity index (χ0n) is 21.5. The van der Waals surface area contributed by atoms with Gasteiger partial charge in [-0.2, -0.15) is 5.26 Å². The summed E-state index contributed by atoms with van der Waals surface area (Å²) in [5, 5.41) is 10.3. The number of likely N-dealkylation sites (tertiary alicyclic amines) is 1. The minimum absolute atomic E-state index is 0.0484. The number of para-hydroxylation sites is 1. The first-order valence-electron chi connectivity index (χ1n) is 12.8. The number of rotatable bonds is 7. The lowest BCUT2D eigenvalue weighted by Crippen LogP contribution is -2.38. The SMILES string of the molecule is CC(C)C=C(C#N)C(=O)N1CCC[C@H]1Cn1cc(-c2ccc(Oc3ccccc3)cc2)c2c(N)ncnc21. The molecule has 0 bridgehead atoms. The Balaban J connectivity index is 1.44. The van der Waals surface area contributed by atoms with E-state index >= 15 is 0 Å². The van der Waals surface area contributed by atoms with Crippen LogP contribution < -0.4 is 10.5 Å². The third-order valence-corrected chi connectivity index (χ3v) is 6.72. The van der Waals surface area contributed by atoms with E-state index < -0.39 is 0 Å². The van der Waals surface area contributed by atoms with E-state index in [4.69, 9.17) is 10.5 Å². The fourth-order valence-electron chi connectivity index (χ4n) is 5.00. The first kappa shape index (κ1) is 25.0. The second-order valence-corrected chi connectivity index (χ2v) is 9.82. The Morgan fingerprint density at radius 2 is 1.89 bits per heavy atom. The summed E-state index contributed by atoms with van der Waals surface area (Å²) in [6.07, 6.45) is 6.97. The van der Waals surface area contributed by atoms with Crippen molar-refractivity contribution in [3.63, 3.8) is 0 Å². The molecule has 4 aromatic rings. The van der Waals surface area contributed by atoms with Gasteiger partial charge >= 0.3 is 0 Å². The molecule has 2 N–H and O–H groups in total. The van der Waals surface area contributed by atoms with E-state index in [0.717, 1.165) is 46.5 Å². The number of allylic oxidation sites excluding steroid dienone is 1. The van der Waals surface area contributed by atoms with Gasteiger partial charge in [0.2, 0.25) is 0 Å². The van der Waals surface area contributed by atoms with Crippen molar-refractivity contribution in [3.05, 3.63) is 78.8 Å². The lowest BCUT2D eigenvalue weighted by molar-refractivity contribution is -0.127. The number of nitrogens with two attached hydrogens (primary N) is 1. The number of nitrogens with zero attached hydrogens (tertiary/aromatic N) is 5. The van der Waals surface area contributed by atoms with E-state index in [1.54, 1.807) is 6.08 Å². The van der Waals surface area contributed by atoms with E-state index in [9.17, 15) is 10.1 Å². The van der Waals surface area contributed by atoms with Crippen LogP contribution in [-0.4, -0.2) is 37.9 Å². The summed E-state index contributed by atoms with van der Waals surface area (Å²) in [4.78, 5) is 23.8. The number of carbonyl (C=O) groups is 1. The quantitative estimate of drug-likeness (QED) is 0.259. The number of amides is 1. The second-order valence-electron chi connectivity index (χ2n) is 9.82.